The SMILES string of the molecule is CCCCN1CCCC1C(C)(c1ccccc1)c1ccccc1. The van der Waals surface area contributed by atoms with Crippen LogP contribution in [-0.2, 0) is 5.41 Å². The summed E-state index contributed by atoms with van der Waals surface area (Å²) in [4.78, 5) is 2.74. The van der Waals surface area contributed by atoms with Gasteiger partial charge in [0.25, 0.3) is 0 Å². The maximum Gasteiger partial charge on any atom is 0.0329 e. The van der Waals surface area contributed by atoms with E-state index in [1.165, 1.54) is 49.9 Å². The Morgan fingerprint density at radius 3 is 2.04 bits per heavy atom. The van der Waals surface area contributed by atoms with Crippen LogP contribution in [0.1, 0.15) is 50.7 Å². The summed E-state index contributed by atoms with van der Waals surface area (Å²) >= 11 is 0. The van der Waals surface area contributed by atoms with Crippen LogP contribution in [0, 0.1) is 0 Å². The molecule has 122 valence electrons. The Hall–Kier alpha value is -1.60. The number of nitrogens with zero attached hydrogens (tertiary/aromatic N) is 1. The van der Waals surface area contributed by atoms with Crippen LogP contribution in [0.2, 0.25) is 0 Å². The average Bonchev–Trinajstić information content (AvgIpc) is 3.10. The van der Waals surface area contributed by atoms with Crippen LogP contribution < -0.4 is 0 Å². The minimum Gasteiger partial charge on any atom is -0.299 e. The van der Waals surface area contributed by atoms with Gasteiger partial charge in [0.05, 0.1) is 0 Å². The van der Waals surface area contributed by atoms with Crippen molar-refractivity contribution >= 4 is 0 Å². The summed E-state index contributed by atoms with van der Waals surface area (Å²) in [6.45, 7) is 7.22. The van der Waals surface area contributed by atoms with Crippen molar-refractivity contribution in [2.45, 2.75) is 51.0 Å². The number of hydrogen-bond donors (Lipinski definition) is 0. The molecule has 0 bridgehead atoms. The zero-order valence-electron chi connectivity index (χ0n) is 14.5. The van der Waals surface area contributed by atoms with Gasteiger partial charge >= 0.3 is 0 Å². The summed E-state index contributed by atoms with van der Waals surface area (Å²) in [6.07, 6.45) is 5.19. The normalized spacial score (nSPS) is 19.1. The Morgan fingerprint density at radius 2 is 1.52 bits per heavy atom. The third kappa shape index (κ3) is 3.21. The van der Waals surface area contributed by atoms with Crippen molar-refractivity contribution in [1.82, 2.24) is 4.90 Å². The van der Waals surface area contributed by atoms with E-state index in [0.29, 0.717) is 6.04 Å². The standard InChI is InChI=1S/C22H29N/c1-3-4-17-23-18-11-16-21(23)22(2,19-12-7-5-8-13-19)20-14-9-6-10-15-20/h5-10,12-15,21H,3-4,11,16-18H2,1-2H3. The first kappa shape index (κ1) is 16.3. The maximum atomic E-state index is 2.74. The van der Waals surface area contributed by atoms with Crippen LogP contribution in [-0.4, -0.2) is 24.0 Å². The minimum atomic E-state index is 0.0623. The maximum absolute atomic E-state index is 2.74. The Morgan fingerprint density at radius 1 is 0.957 bits per heavy atom. The van der Waals surface area contributed by atoms with E-state index in [1.54, 1.807) is 0 Å². The predicted octanol–water partition coefficient (Wildman–Crippen LogP) is 5.26. The third-order valence-corrected chi connectivity index (χ3v) is 5.58. The molecule has 0 radical (unpaired) electrons. The van der Waals surface area contributed by atoms with Gasteiger partial charge < -0.3 is 0 Å². The fourth-order valence-electron chi connectivity index (χ4n) is 4.23. The number of benzene rings is 2. The predicted molar refractivity (Wildman–Crippen MR) is 98.8 cm³/mol. The summed E-state index contributed by atoms with van der Waals surface area (Å²) in [5.74, 6) is 0. The molecule has 0 saturated carbocycles. The fraction of sp³-hybridized carbons (Fsp3) is 0.455. The lowest BCUT2D eigenvalue weighted by Gasteiger charge is -2.42. The highest BCUT2D eigenvalue weighted by Gasteiger charge is 2.42. The number of rotatable bonds is 6. The molecule has 1 heteroatoms. The number of hydrogen-bond acceptors (Lipinski definition) is 1. The van der Waals surface area contributed by atoms with E-state index in [0.717, 1.165) is 0 Å². The van der Waals surface area contributed by atoms with Gasteiger partial charge in [-0.3, -0.25) is 4.90 Å². The number of unbranched alkanes of at least 4 members (excludes halogenated alkanes) is 1. The molecular weight excluding hydrogens is 278 g/mol. The van der Waals surface area contributed by atoms with E-state index in [2.05, 4.69) is 79.4 Å². The van der Waals surface area contributed by atoms with Gasteiger partial charge in [0, 0.05) is 11.5 Å². The highest BCUT2D eigenvalue weighted by atomic mass is 15.2. The van der Waals surface area contributed by atoms with Gasteiger partial charge in [-0.1, -0.05) is 74.0 Å². The molecule has 1 aliphatic heterocycles. The van der Waals surface area contributed by atoms with Crippen molar-refractivity contribution in [2.24, 2.45) is 0 Å². The summed E-state index contributed by atoms with van der Waals surface area (Å²) < 4.78 is 0. The summed E-state index contributed by atoms with van der Waals surface area (Å²) in [5.41, 5.74) is 2.95. The molecule has 23 heavy (non-hydrogen) atoms. The minimum absolute atomic E-state index is 0.0623. The van der Waals surface area contributed by atoms with Crippen LogP contribution in [0.15, 0.2) is 60.7 Å². The van der Waals surface area contributed by atoms with Gasteiger partial charge in [0.1, 0.15) is 0 Å². The third-order valence-electron chi connectivity index (χ3n) is 5.58. The molecule has 1 nitrogen and oxygen atoms in total. The molecule has 1 atom stereocenters. The van der Waals surface area contributed by atoms with Gasteiger partial charge in [-0.05, 0) is 50.4 Å². The number of likely N-dealkylation sites (tertiary alicyclic amines) is 1. The van der Waals surface area contributed by atoms with Crippen LogP contribution in [0.4, 0.5) is 0 Å². The van der Waals surface area contributed by atoms with E-state index in [4.69, 9.17) is 0 Å². The van der Waals surface area contributed by atoms with Crippen LogP contribution in [0.25, 0.3) is 0 Å². The summed E-state index contributed by atoms with van der Waals surface area (Å²) in [6, 6.07) is 22.8. The highest BCUT2D eigenvalue weighted by Crippen LogP contribution is 2.42. The zero-order valence-corrected chi connectivity index (χ0v) is 14.5. The van der Waals surface area contributed by atoms with E-state index in [9.17, 15) is 0 Å². The largest absolute Gasteiger partial charge is 0.299 e. The molecule has 2 aromatic carbocycles. The molecular formula is C22H29N. The molecule has 2 aromatic rings. The average molecular weight is 307 g/mol. The first-order valence-electron chi connectivity index (χ1n) is 9.12. The van der Waals surface area contributed by atoms with Crippen LogP contribution in [0.5, 0.6) is 0 Å². The molecule has 1 fully saturated rings. The summed E-state index contributed by atoms with van der Waals surface area (Å²) in [7, 11) is 0. The molecule has 1 saturated heterocycles. The van der Waals surface area contributed by atoms with Gasteiger partial charge in [-0.25, -0.2) is 0 Å². The lowest BCUT2D eigenvalue weighted by atomic mass is 9.69. The van der Waals surface area contributed by atoms with Gasteiger partial charge in [-0.2, -0.15) is 0 Å². The van der Waals surface area contributed by atoms with E-state index >= 15 is 0 Å². The first-order chi connectivity index (χ1) is 11.3. The lowest BCUT2D eigenvalue weighted by Crippen LogP contribution is -2.46. The topological polar surface area (TPSA) is 3.24 Å². The van der Waals surface area contributed by atoms with Crippen molar-refractivity contribution in [2.75, 3.05) is 13.1 Å². The molecule has 0 spiro atoms. The molecule has 1 unspecified atom stereocenters. The Labute approximate surface area is 141 Å². The molecule has 0 amide bonds. The quantitative estimate of drug-likeness (QED) is 0.704. The van der Waals surface area contributed by atoms with Gasteiger partial charge in [0.2, 0.25) is 0 Å². The highest BCUT2D eigenvalue weighted by molar-refractivity contribution is 5.41. The van der Waals surface area contributed by atoms with Gasteiger partial charge in [-0.15, -0.1) is 0 Å². The zero-order chi connectivity index (χ0) is 16.1. The van der Waals surface area contributed by atoms with Crippen molar-refractivity contribution in [3.8, 4) is 0 Å². The van der Waals surface area contributed by atoms with E-state index < -0.39 is 0 Å². The first-order valence-corrected chi connectivity index (χ1v) is 9.12. The summed E-state index contributed by atoms with van der Waals surface area (Å²) in [5, 5.41) is 0. The molecule has 1 heterocycles. The van der Waals surface area contributed by atoms with Crippen molar-refractivity contribution in [3.63, 3.8) is 0 Å². The molecule has 0 aromatic heterocycles. The fourth-order valence-corrected chi connectivity index (χ4v) is 4.23. The molecule has 0 aliphatic carbocycles. The Bertz CT molecular complexity index is 550. The van der Waals surface area contributed by atoms with Crippen molar-refractivity contribution < 1.29 is 0 Å². The second-order valence-electron chi connectivity index (χ2n) is 6.98. The Kier molecular flexibility index (Phi) is 5.17. The lowest BCUT2D eigenvalue weighted by molar-refractivity contribution is 0.189. The van der Waals surface area contributed by atoms with Gasteiger partial charge in [0.15, 0.2) is 0 Å². The molecule has 0 N–H and O–H groups in total. The van der Waals surface area contributed by atoms with E-state index in [1.807, 2.05) is 0 Å². The Balaban J connectivity index is 2.02. The second-order valence-corrected chi connectivity index (χ2v) is 6.98. The molecule has 3 rings (SSSR count). The van der Waals surface area contributed by atoms with Crippen LogP contribution >= 0.6 is 0 Å². The van der Waals surface area contributed by atoms with E-state index in [-0.39, 0.29) is 5.41 Å². The smallest absolute Gasteiger partial charge is 0.0329 e. The van der Waals surface area contributed by atoms with Crippen molar-refractivity contribution in [1.29, 1.82) is 0 Å². The molecule has 1 aliphatic rings. The second kappa shape index (κ2) is 7.31. The van der Waals surface area contributed by atoms with Crippen LogP contribution in [0.3, 0.4) is 0 Å². The van der Waals surface area contributed by atoms with Crippen molar-refractivity contribution in [3.05, 3.63) is 71.8 Å². The monoisotopic (exact) mass is 307 g/mol.